The third kappa shape index (κ3) is 2.27. The maximum atomic E-state index is 11.1. The molecule has 2 heterocycles. The van der Waals surface area contributed by atoms with E-state index in [-0.39, 0.29) is 11.0 Å². The molecule has 0 unspecified atom stereocenters. The normalized spacial score (nSPS) is 11.8. The number of nitrogens with one attached hydrogen (secondary N) is 1. The highest BCUT2D eigenvalue weighted by atomic mass is 16.5. The number of hydrogen-bond acceptors (Lipinski definition) is 4. The predicted molar refractivity (Wildman–Crippen MR) is 63.8 cm³/mol. The standard InChI is InChI=1S/C12H15N3O2/c1-7-5-9(16)13-6-8(7)10-14-11(15-17-10)12(2,3)4/h5-6H,1-4H3,(H,13,16). The Balaban J connectivity index is 2.47. The molecule has 2 rings (SSSR count). The van der Waals surface area contributed by atoms with Gasteiger partial charge in [-0.3, -0.25) is 4.79 Å². The molecule has 0 saturated carbocycles. The molecule has 0 atom stereocenters. The Morgan fingerprint density at radius 2 is 2.06 bits per heavy atom. The van der Waals surface area contributed by atoms with Gasteiger partial charge < -0.3 is 9.51 Å². The smallest absolute Gasteiger partial charge is 0.259 e. The van der Waals surface area contributed by atoms with E-state index in [4.69, 9.17) is 4.52 Å². The lowest BCUT2D eigenvalue weighted by atomic mass is 9.96. The van der Waals surface area contributed by atoms with E-state index in [9.17, 15) is 4.79 Å². The van der Waals surface area contributed by atoms with Gasteiger partial charge in [-0.05, 0) is 12.5 Å². The zero-order valence-corrected chi connectivity index (χ0v) is 10.4. The highest BCUT2D eigenvalue weighted by Gasteiger charge is 2.22. The van der Waals surface area contributed by atoms with E-state index >= 15 is 0 Å². The predicted octanol–water partition coefficient (Wildman–Crippen LogP) is 2.03. The largest absolute Gasteiger partial charge is 0.334 e. The van der Waals surface area contributed by atoms with Crippen molar-refractivity contribution in [1.82, 2.24) is 15.1 Å². The van der Waals surface area contributed by atoms with Crippen LogP contribution in [0.1, 0.15) is 32.2 Å². The molecule has 17 heavy (non-hydrogen) atoms. The van der Waals surface area contributed by atoms with Crippen LogP contribution in [0.4, 0.5) is 0 Å². The van der Waals surface area contributed by atoms with Gasteiger partial charge in [0.05, 0.1) is 5.56 Å². The summed E-state index contributed by atoms with van der Waals surface area (Å²) in [6.07, 6.45) is 1.59. The van der Waals surface area contributed by atoms with E-state index in [1.807, 2.05) is 27.7 Å². The third-order valence-electron chi connectivity index (χ3n) is 2.46. The molecule has 5 nitrogen and oxygen atoms in total. The van der Waals surface area contributed by atoms with Crippen LogP contribution in [-0.2, 0) is 5.41 Å². The molecule has 0 bridgehead atoms. The number of nitrogens with zero attached hydrogens (tertiary/aromatic N) is 2. The lowest BCUT2D eigenvalue weighted by Crippen LogP contribution is -2.13. The molecular weight excluding hydrogens is 218 g/mol. The number of aryl methyl sites for hydroxylation is 1. The van der Waals surface area contributed by atoms with Crippen LogP contribution in [0.5, 0.6) is 0 Å². The summed E-state index contributed by atoms with van der Waals surface area (Å²) >= 11 is 0. The Hall–Kier alpha value is -1.91. The van der Waals surface area contributed by atoms with Crippen molar-refractivity contribution >= 4 is 0 Å². The molecule has 90 valence electrons. The lowest BCUT2D eigenvalue weighted by Gasteiger charge is -2.10. The number of hydrogen-bond donors (Lipinski definition) is 1. The summed E-state index contributed by atoms with van der Waals surface area (Å²) in [4.78, 5) is 18.1. The van der Waals surface area contributed by atoms with Crippen molar-refractivity contribution in [3.63, 3.8) is 0 Å². The van der Waals surface area contributed by atoms with Crippen molar-refractivity contribution in [2.45, 2.75) is 33.1 Å². The van der Waals surface area contributed by atoms with Gasteiger partial charge in [-0.1, -0.05) is 25.9 Å². The molecule has 2 aromatic rings. The van der Waals surface area contributed by atoms with Crippen molar-refractivity contribution in [3.8, 4) is 11.5 Å². The van der Waals surface area contributed by atoms with Crippen molar-refractivity contribution in [2.75, 3.05) is 0 Å². The molecule has 0 aromatic carbocycles. The second-order valence-electron chi connectivity index (χ2n) is 5.07. The van der Waals surface area contributed by atoms with Crippen molar-refractivity contribution in [2.24, 2.45) is 0 Å². The summed E-state index contributed by atoms with van der Waals surface area (Å²) in [5.74, 6) is 1.08. The summed E-state index contributed by atoms with van der Waals surface area (Å²) < 4.78 is 5.21. The Morgan fingerprint density at radius 3 is 2.59 bits per heavy atom. The molecule has 2 aromatic heterocycles. The maximum absolute atomic E-state index is 11.1. The molecule has 0 radical (unpaired) electrons. The number of rotatable bonds is 1. The van der Waals surface area contributed by atoms with E-state index in [0.717, 1.165) is 11.1 Å². The zero-order valence-electron chi connectivity index (χ0n) is 10.4. The first-order valence-electron chi connectivity index (χ1n) is 5.42. The van der Waals surface area contributed by atoms with Crippen LogP contribution in [0, 0.1) is 6.92 Å². The number of aromatic amines is 1. The fourth-order valence-corrected chi connectivity index (χ4v) is 1.44. The highest BCUT2D eigenvalue weighted by molar-refractivity contribution is 5.56. The fourth-order valence-electron chi connectivity index (χ4n) is 1.44. The summed E-state index contributed by atoms with van der Waals surface area (Å²) in [5.41, 5.74) is 1.28. The first-order chi connectivity index (χ1) is 7.88. The fraction of sp³-hybridized carbons (Fsp3) is 0.417. The summed E-state index contributed by atoms with van der Waals surface area (Å²) in [7, 11) is 0. The zero-order chi connectivity index (χ0) is 12.6. The van der Waals surface area contributed by atoms with Crippen molar-refractivity contribution in [1.29, 1.82) is 0 Å². The maximum Gasteiger partial charge on any atom is 0.259 e. The van der Waals surface area contributed by atoms with Gasteiger partial charge >= 0.3 is 0 Å². The number of pyridine rings is 1. The minimum atomic E-state index is -0.155. The van der Waals surface area contributed by atoms with Crippen LogP contribution in [0.25, 0.3) is 11.5 Å². The minimum Gasteiger partial charge on any atom is -0.334 e. The molecule has 0 aliphatic carbocycles. The van der Waals surface area contributed by atoms with Crippen LogP contribution in [0.2, 0.25) is 0 Å². The second kappa shape index (κ2) is 3.84. The third-order valence-corrected chi connectivity index (χ3v) is 2.46. The average Bonchev–Trinajstić information content (AvgIpc) is 2.65. The number of aromatic nitrogens is 3. The number of H-pyrrole nitrogens is 1. The molecule has 0 aliphatic rings. The van der Waals surface area contributed by atoms with Crippen LogP contribution in [-0.4, -0.2) is 15.1 Å². The Morgan fingerprint density at radius 1 is 1.35 bits per heavy atom. The van der Waals surface area contributed by atoms with Crippen LogP contribution < -0.4 is 5.56 Å². The molecule has 0 aliphatic heterocycles. The van der Waals surface area contributed by atoms with Gasteiger partial charge in [-0.2, -0.15) is 4.98 Å². The first-order valence-corrected chi connectivity index (χ1v) is 5.42. The Bertz CT molecular complexity index is 590. The SMILES string of the molecule is Cc1cc(=O)[nH]cc1-c1nc(C(C)(C)C)no1. The Labute approximate surface area is 98.9 Å². The van der Waals surface area contributed by atoms with Gasteiger partial charge in [0.1, 0.15) is 0 Å². The van der Waals surface area contributed by atoms with E-state index in [1.165, 1.54) is 6.07 Å². The van der Waals surface area contributed by atoms with Crippen LogP contribution in [0.15, 0.2) is 21.6 Å². The van der Waals surface area contributed by atoms with E-state index < -0.39 is 0 Å². The molecule has 0 fully saturated rings. The van der Waals surface area contributed by atoms with Gasteiger partial charge in [0.15, 0.2) is 5.82 Å². The summed E-state index contributed by atoms with van der Waals surface area (Å²) in [6, 6.07) is 1.51. The minimum absolute atomic E-state index is 0.137. The molecule has 0 amide bonds. The van der Waals surface area contributed by atoms with Gasteiger partial charge in [-0.25, -0.2) is 0 Å². The van der Waals surface area contributed by atoms with E-state index in [1.54, 1.807) is 6.20 Å². The van der Waals surface area contributed by atoms with E-state index in [0.29, 0.717) is 11.7 Å². The van der Waals surface area contributed by atoms with Crippen LogP contribution in [0.3, 0.4) is 0 Å². The molecule has 0 spiro atoms. The van der Waals surface area contributed by atoms with E-state index in [2.05, 4.69) is 15.1 Å². The first kappa shape index (κ1) is 11.6. The van der Waals surface area contributed by atoms with Crippen molar-refractivity contribution < 1.29 is 4.52 Å². The van der Waals surface area contributed by atoms with Gasteiger partial charge in [0.25, 0.3) is 5.89 Å². The second-order valence-corrected chi connectivity index (χ2v) is 5.07. The highest BCUT2D eigenvalue weighted by Crippen LogP contribution is 2.24. The monoisotopic (exact) mass is 233 g/mol. The Kier molecular flexibility index (Phi) is 2.61. The molecular formula is C12H15N3O2. The average molecular weight is 233 g/mol. The summed E-state index contributed by atoms with van der Waals surface area (Å²) in [5, 5.41) is 3.95. The topological polar surface area (TPSA) is 71.8 Å². The van der Waals surface area contributed by atoms with Crippen molar-refractivity contribution in [3.05, 3.63) is 34.0 Å². The molecule has 0 saturated heterocycles. The van der Waals surface area contributed by atoms with Gasteiger partial charge in [0.2, 0.25) is 5.56 Å². The molecule has 1 N–H and O–H groups in total. The van der Waals surface area contributed by atoms with Gasteiger partial charge in [0, 0.05) is 17.7 Å². The van der Waals surface area contributed by atoms with Gasteiger partial charge in [-0.15, -0.1) is 0 Å². The summed E-state index contributed by atoms with van der Waals surface area (Å²) in [6.45, 7) is 7.88. The van der Waals surface area contributed by atoms with Crippen LogP contribution >= 0.6 is 0 Å². The quantitative estimate of drug-likeness (QED) is 0.818. The lowest BCUT2D eigenvalue weighted by molar-refractivity contribution is 0.402. The molecule has 5 heteroatoms.